The molecule has 0 atom stereocenters. The van der Waals surface area contributed by atoms with Gasteiger partial charge >= 0.3 is 0 Å². The minimum atomic E-state index is -0.0132. The summed E-state index contributed by atoms with van der Waals surface area (Å²) in [5.74, 6) is 1.65. The quantitative estimate of drug-likeness (QED) is 0.594. The number of anilines is 1. The Morgan fingerprint density at radius 1 is 0.957 bits per heavy atom. The van der Waals surface area contributed by atoms with Crippen LogP contribution in [0.5, 0.6) is 11.5 Å². The third-order valence-electron chi connectivity index (χ3n) is 3.34. The molecule has 0 aliphatic heterocycles. The van der Waals surface area contributed by atoms with E-state index in [-0.39, 0.29) is 11.8 Å². The summed E-state index contributed by atoms with van der Waals surface area (Å²) in [6, 6.07) is 17.0. The monoisotopic (exact) mass is 327 g/mol. The highest BCUT2D eigenvalue weighted by atomic mass is 32.1. The van der Waals surface area contributed by atoms with Gasteiger partial charge in [-0.1, -0.05) is 18.2 Å². The first-order valence-electron chi connectivity index (χ1n) is 7.40. The third-order valence-corrected chi connectivity index (χ3v) is 3.54. The van der Waals surface area contributed by atoms with Crippen molar-refractivity contribution in [2.45, 2.75) is 12.8 Å². The van der Waals surface area contributed by atoms with Crippen LogP contribution < -0.4 is 20.9 Å². The standard InChI is InChI=1S/C17H17N3O2S/c21-16(12-6-7-12)19-20-17(23)18-13-8-10-15(11-9-13)22-14-4-2-1-3-5-14/h1-5,8-12H,6-7H2,(H,19,21)(H2,18,20,23). The number of hydrazine groups is 1. The van der Waals surface area contributed by atoms with Crippen molar-refractivity contribution in [1.29, 1.82) is 0 Å². The zero-order valence-electron chi connectivity index (χ0n) is 12.4. The van der Waals surface area contributed by atoms with Crippen LogP contribution in [0.1, 0.15) is 12.8 Å². The Morgan fingerprint density at radius 2 is 1.61 bits per heavy atom. The number of rotatable bonds is 4. The van der Waals surface area contributed by atoms with Crippen molar-refractivity contribution >= 4 is 28.9 Å². The van der Waals surface area contributed by atoms with Crippen LogP contribution in [0.3, 0.4) is 0 Å². The van der Waals surface area contributed by atoms with Gasteiger partial charge < -0.3 is 10.1 Å². The highest BCUT2D eigenvalue weighted by Gasteiger charge is 2.29. The van der Waals surface area contributed by atoms with Crippen molar-refractivity contribution in [3.8, 4) is 11.5 Å². The SMILES string of the molecule is O=C(NNC(=S)Nc1ccc(Oc2ccccc2)cc1)C1CC1. The van der Waals surface area contributed by atoms with Crippen LogP contribution in [-0.4, -0.2) is 11.0 Å². The normalized spacial score (nSPS) is 13.0. The van der Waals surface area contributed by atoms with Crippen molar-refractivity contribution in [3.05, 3.63) is 54.6 Å². The lowest BCUT2D eigenvalue weighted by Crippen LogP contribution is -2.44. The third kappa shape index (κ3) is 4.69. The summed E-state index contributed by atoms with van der Waals surface area (Å²) in [5.41, 5.74) is 6.10. The van der Waals surface area contributed by atoms with E-state index in [9.17, 15) is 4.79 Å². The number of hydrogen-bond donors (Lipinski definition) is 3. The number of thiocarbonyl (C=S) groups is 1. The van der Waals surface area contributed by atoms with Gasteiger partial charge in [-0.15, -0.1) is 0 Å². The van der Waals surface area contributed by atoms with E-state index in [1.807, 2.05) is 54.6 Å². The van der Waals surface area contributed by atoms with E-state index in [0.29, 0.717) is 5.11 Å². The fraction of sp³-hybridized carbons (Fsp3) is 0.176. The Kier molecular flexibility index (Phi) is 4.73. The highest BCUT2D eigenvalue weighted by Crippen LogP contribution is 2.28. The predicted molar refractivity (Wildman–Crippen MR) is 93.2 cm³/mol. The Balaban J connectivity index is 1.48. The molecule has 6 heteroatoms. The molecule has 0 bridgehead atoms. The highest BCUT2D eigenvalue weighted by molar-refractivity contribution is 7.80. The molecule has 3 N–H and O–H groups in total. The van der Waals surface area contributed by atoms with Crippen LogP contribution in [0.15, 0.2) is 54.6 Å². The number of ether oxygens (including phenoxy) is 1. The van der Waals surface area contributed by atoms with Crippen molar-refractivity contribution < 1.29 is 9.53 Å². The maximum Gasteiger partial charge on any atom is 0.241 e. The van der Waals surface area contributed by atoms with E-state index in [4.69, 9.17) is 17.0 Å². The molecule has 118 valence electrons. The van der Waals surface area contributed by atoms with Gasteiger partial charge in [-0.2, -0.15) is 0 Å². The van der Waals surface area contributed by atoms with Crippen molar-refractivity contribution in [2.24, 2.45) is 5.92 Å². The maximum atomic E-state index is 11.5. The van der Waals surface area contributed by atoms with Gasteiger partial charge in [-0.25, -0.2) is 0 Å². The molecule has 0 saturated heterocycles. The molecule has 0 heterocycles. The number of amides is 1. The van der Waals surface area contributed by atoms with E-state index < -0.39 is 0 Å². The summed E-state index contributed by atoms with van der Waals surface area (Å²) in [6.45, 7) is 0. The zero-order valence-corrected chi connectivity index (χ0v) is 13.2. The van der Waals surface area contributed by atoms with Gasteiger partial charge in [0.1, 0.15) is 11.5 Å². The van der Waals surface area contributed by atoms with Gasteiger partial charge in [0.15, 0.2) is 5.11 Å². The van der Waals surface area contributed by atoms with Crippen LogP contribution in [0.2, 0.25) is 0 Å². The van der Waals surface area contributed by atoms with Crippen molar-refractivity contribution in [2.75, 3.05) is 5.32 Å². The molecule has 1 saturated carbocycles. The van der Waals surface area contributed by atoms with Gasteiger partial charge in [-0.05, 0) is 61.5 Å². The van der Waals surface area contributed by atoms with E-state index in [1.165, 1.54) is 0 Å². The van der Waals surface area contributed by atoms with Gasteiger partial charge in [0, 0.05) is 11.6 Å². The van der Waals surface area contributed by atoms with Gasteiger partial charge in [0.25, 0.3) is 0 Å². The van der Waals surface area contributed by atoms with Gasteiger partial charge in [-0.3, -0.25) is 15.6 Å². The molecule has 3 rings (SSSR count). The van der Waals surface area contributed by atoms with Gasteiger partial charge in [0.05, 0.1) is 0 Å². The second-order valence-electron chi connectivity index (χ2n) is 5.28. The maximum absolute atomic E-state index is 11.5. The molecule has 0 spiro atoms. The fourth-order valence-corrected chi connectivity index (χ4v) is 2.13. The first kappa shape index (κ1) is 15.3. The molecule has 0 radical (unpaired) electrons. The van der Waals surface area contributed by atoms with E-state index >= 15 is 0 Å². The molecule has 23 heavy (non-hydrogen) atoms. The smallest absolute Gasteiger partial charge is 0.241 e. The Bertz CT molecular complexity index is 685. The lowest BCUT2D eigenvalue weighted by molar-refractivity contribution is -0.122. The Hall–Kier alpha value is -2.60. The molecule has 1 amide bonds. The summed E-state index contributed by atoms with van der Waals surface area (Å²) in [5, 5.41) is 3.34. The summed E-state index contributed by atoms with van der Waals surface area (Å²) < 4.78 is 5.72. The molecule has 1 fully saturated rings. The first-order chi connectivity index (χ1) is 11.2. The Labute approximate surface area is 140 Å². The lowest BCUT2D eigenvalue weighted by atomic mass is 10.3. The zero-order chi connectivity index (χ0) is 16.1. The van der Waals surface area contributed by atoms with Crippen LogP contribution in [0, 0.1) is 5.92 Å². The average molecular weight is 327 g/mol. The summed E-state index contributed by atoms with van der Waals surface area (Å²) in [6.07, 6.45) is 1.91. The Morgan fingerprint density at radius 3 is 2.26 bits per heavy atom. The van der Waals surface area contributed by atoms with E-state index in [2.05, 4.69) is 16.2 Å². The number of carbonyl (C=O) groups is 1. The molecule has 2 aromatic rings. The second-order valence-corrected chi connectivity index (χ2v) is 5.69. The molecule has 0 unspecified atom stereocenters. The molecular weight excluding hydrogens is 310 g/mol. The van der Waals surface area contributed by atoms with Gasteiger partial charge in [0.2, 0.25) is 5.91 Å². The largest absolute Gasteiger partial charge is 0.457 e. The van der Waals surface area contributed by atoms with Crippen LogP contribution >= 0.6 is 12.2 Å². The fourth-order valence-electron chi connectivity index (χ4n) is 1.96. The number of nitrogens with one attached hydrogen (secondary N) is 3. The second kappa shape index (κ2) is 7.11. The summed E-state index contributed by atoms with van der Waals surface area (Å²) in [7, 11) is 0. The number of carbonyl (C=O) groups excluding carboxylic acids is 1. The molecule has 2 aromatic carbocycles. The van der Waals surface area contributed by atoms with Crippen molar-refractivity contribution in [3.63, 3.8) is 0 Å². The molecule has 5 nitrogen and oxygen atoms in total. The lowest BCUT2D eigenvalue weighted by Gasteiger charge is -2.12. The molecular formula is C17H17N3O2S. The van der Waals surface area contributed by atoms with Crippen LogP contribution in [-0.2, 0) is 4.79 Å². The molecule has 1 aliphatic rings. The topological polar surface area (TPSA) is 62.4 Å². The minimum absolute atomic E-state index is 0.0132. The number of para-hydroxylation sites is 1. The number of hydrogen-bond acceptors (Lipinski definition) is 3. The van der Waals surface area contributed by atoms with Crippen LogP contribution in [0.25, 0.3) is 0 Å². The van der Waals surface area contributed by atoms with Crippen molar-refractivity contribution in [1.82, 2.24) is 10.9 Å². The number of benzene rings is 2. The average Bonchev–Trinajstić information content (AvgIpc) is 3.40. The van der Waals surface area contributed by atoms with E-state index in [1.54, 1.807) is 0 Å². The summed E-state index contributed by atoms with van der Waals surface area (Å²) in [4.78, 5) is 11.5. The van der Waals surface area contributed by atoms with Crippen LogP contribution in [0.4, 0.5) is 5.69 Å². The molecule has 0 aromatic heterocycles. The molecule has 1 aliphatic carbocycles. The predicted octanol–water partition coefficient (Wildman–Crippen LogP) is 3.21. The van der Waals surface area contributed by atoms with E-state index in [0.717, 1.165) is 30.0 Å². The first-order valence-corrected chi connectivity index (χ1v) is 7.81. The summed E-state index contributed by atoms with van der Waals surface area (Å²) >= 11 is 5.13. The minimum Gasteiger partial charge on any atom is -0.457 e.